The van der Waals surface area contributed by atoms with Crippen LogP contribution < -0.4 is 0 Å². The van der Waals surface area contributed by atoms with Crippen LogP contribution in [0, 0.1) is 0 Å². The van der Waals surface area contributed by atoms with Gasteiger partial charge in [0.15, 0.2) is 5.69 Å². The number of halogens is 1. The van der Waals surface area contributed by atoms with Crippen molar-refractivity contribution in [2.45, 2.75) is 13.3 Å². The molecule has 0 atom stereocenters. The number of hydrogen-bond acceptors (Lipinski definition) is 7. The summed E-state index contributed by atoms with van der Waals surface area (Å²) < 4.78 is 5.23. The molecule has 0 aliphatic rings. The van der Waals surface area contributed by atoms with E-state index < -0.39 is 0 Å². The zero-order chi connectivity index (χ0) is 15.5. The Hall–Kier alpha value is -2.25. The van der Waals surface area contributed by atoms with Gasteiger partial charge in [0, 0.05) is 10.6 Å². The zero-order valence-corrected chi connectivity index (χ0v) is 13.1. The minimum atomic E-state index is -0.297. The number of nitrogens with zero attached hydrogens (tertiary/aromatic N) is 4. The van der Waals surface area contributed by atoms with Crippen molar-refractivity contribution in [2.24, 2.45) is 4.99 Å². The van der Waals surface area contributed by atoms with Crippen LogP contribution in [0.25, 0.3) is 11.5 Å². The molecule has 0 bridgehead atoms. The first-order valence-corrected chi connectivity index (χ1v) is 7.67. The fourth-order valence-electron chi connectivity index (χ4n) is 1.68. The van der Waals surface area contributed by atoms with Crippen molar-refractivity contribution in [1.82, 2.24) is 15.2 Å². The molecule has 22 heavy (non-hydrogen) atoms. The predicted octanol–water partition coefficient (Wildman–Crippen LogP) is 3.87. The number of aliphatic imine (C=N–C) groups is 1. The third-order valence-electron chi connectivity index (χ3n) is 2.78. The van der Waals surface area contributed by atoms with E-state index in [0.717, 1.165) is 11.4 Å². The Morgan fingerprint density at radius 3 is 2.77 bits per heavy atom. The molecule has 1 aromatic carbocycles. The summed E-state index contributed by atoms with van der Waals surface area (Å²) in [4.78, 5) is 8.34. The molecule has 8 heteroatoms. The predicted molar refractivity (Wildman–Crippen MR) is 85.2 cm³/mol. The molecular weight excluding hydrogens is 324 g/mol. The second-order valence-corrected chi connectivity index (χ2v) is 5.78. The molecule has 6 nitrogen and oxygen atoms in total. The van der Waals surface area contributed by atoms with E-state index in [-0.39, 0.29) is 11.6 Å². The van der Waals surface area contributed by atoms with Crippen LogP contribution >= 0.6 is 22.9 Å². The maximum atomic E-state index is 9.80. The maximum Gasteiger partial charge on any atom is 0.312 e. The molecule has 0 aliphatic heterocycles. The highest BCUT2D eigenvalue weighted by molar-refractivity contribution is 7.14. The smallest absolute Gasteiger partial charge is 0.312 e. The fraction of sp³-hybridized carbons (Fsp3) is 0.143. The van der Waals surface area contributed by atoms with E-state index in [0.29, 0.717) is 21.6 Å². The topological polar surface area (TPSA) is 84.4 Å². The highest BCUT2D eigenvalue weighted by atomic mass is 35.5. The Morgan fingerprint density at radius 1 is 1.32 bits per heavy atom. The Balaban J connectivity index is 1.84. The van der Waals surface area contributed by atoms with Gasteiger partial charge >= 0.3 is 5.95 Å². The molecule has 0 spiro atoms. The van der Waals surface area contributed by atoms with E-state index in [1.54, 1.807) is 24.3 Å². The zero-order valence-electron chi connectivity index (χ0n) is 11.5. The number of aromatic hydroxyl groups is 1. The largest absolute Gasteiger partial charge is 0.479 e. The van der Waals surface area contributed by atoms with Crippen LogP contribution in [-0.2, 0) is 6.42 Å². The lowest BCUT2D eigenvalue weighted by molar-refractivity contribution is 0.337. The number of aryl methyl sites for hydroxylation is 1. The molecule has 3 rings (SSSR count). The molecule has 0 saturated carbocycles. The van der Waals surface area contributed by atoms with E-state index in [1.165, 1.54) is 17.6 Å². The van der Waals surface area contributed by atoms with E-state index in [2.05, 4.69) is 20.2 Å². The first-order valence-electron chi connectivity index (χ1n) is 6.48. The van der Waals surface area contributed by atoms with E-state index in [9.17, 15) is 5.11 Å². The van der Waals surface area contributed by atoms with Gasteiger partial charge in [0.05, 0.1) is 6.21 Å². The molecule has 0 radical (unpaired) electrons. The molecule has 0 unspecified atom stereocenters. The molecule has 0 amide bonds. The SMILES string of the molecule is CCc1nnc(N=Cc2nc(-c3ccc(Cl)cc3)oc2O)s1. The van der Waals surface area contributed by atoms with Crippen LogP contribution in [0.5, 0.6) is 5.95 Å². The summed E-state index contributed by atoms with van der Waals surface area (Å²) in [5, 5.41) is 19.7. The van der Waals surface area contributed by atoms with Crippen LogP contribution in [0.2, 0.25) is 5.02 Å². The number of aromatic nitrogens is 3. The molecular formula is C14H11ClN4O2S. The summed E-state index contributed by atoms with van der Waals surface area (Å²) in [7, 11) is 0. The van der Waals surface area contributed by atoms with Gasteiger partial charge in [0.2, 0.25) is 11.0 Å². The fourth-order valence-corrected chi connectivity index (χ4v) is 2.43. The second kappa shape index (κ2) is 6.25. The van der Waals surface area contributed by atoms with Gasteiger partial charge in [0.1, 0.15) is 5.01 Å². The first-order chi connectivity index (χ1) is 10.7. The van der Waals surface area contributed by atoms with Crippen molar-refractivity contribution in [1.29, 1.82) is 0 Å². The lowest BCUT2D eigenvalue weighted by atomic mass is 10.2. The molecule has 2 aromatic heterocycles. The molecule has 2 heterocycles. The van der Waals surface area contributed by atoms with Crippen molar-refractivity contribution < 1.29 is 9.52 Å². The Labute approximate surface area is 135 Å². The number of rotatable bonds is 4. The minimum Gasteiger partial charge on any atom is -0.479 e. The lowest BCUT2D eigenvalue weighted by Gasteiger charge is -1.93. The average Bonchev–Trinajstić information content (AvgIpc) is 3.12. The lowest BCUT2D eigenvalue weighted by Crippen LogP contribution is -1.82. The highest BCUT2D eigenvalue weighted by Gasteiger charge is 2.12. The van der Waals surface area contributed by atoms with Crippen LogP contribution in [-0.4, -0.2) is 26.5 Å². The monoisotopic (exact) mass is 334 g/mol. The van der Waals surface area contributed by atoms with Gasteiger partial charge < -0.3 is 9.52 Å². The third kappa shape index (κ3) is 3.15. The van der Waals surface area contributed by atoms with Crippen LogP contribution in [0.1, 0.15) is 17.6 Å². The van der Waals surface area contributed by atoms with E-state index >= 15 is 0 Å². The Kier molecular flexibility index (Phi) is 4.17. The average molecular weight is 335 g/mol. The van der Waals surface area contributed by atoms with Crippen molar-refractivity contribution in [3.05, 3.63) is 40.0 Å². The second-order valence-electron chi connectivity index (χ2n) is 4.31. The number of hydrogen-bond donors (Lipinski definition) is 1. The van der Waals surface area contributed by atoms with Crippen LogP contribution in [0.15, 0.2) is 33.7 Å². The van der Waals surface area contributed by atoms with Gasteiger partial charge in [-0.15, -0.1) is 10.2 Å². The van der Waals surface area contributed by atoms with Crippen LogP contribution in [0.3, 0.4) is 0 Å². The number of oxazole rings is 1. The summed E-state index contributed by atoms with van der Waals surface area (Å²) in [6.45, 7) is 2.00. The number of benzene rings is 1. The van der Waals surface area contributed by atoms with Crippen molar-refractivity contribution in [3.63, 3.8) is 0 Å². The standard InChI is InChI=1S/C14H11ClN4O2S/c1-2-11-18-19-14(22-11)16-7-10-13(20)21-12(17-10)8-3-5-9(15)6-4-8/h3-7,20H,2H2,1H3. The van der Waals surface area contributed by atoms with Crippen molar-refractivity contribution in [2.75, 3.05) is 0 Å². The van der Waals surface area contributed by atoms with Gasteiger partial charge in [-0.2, -0.15) is 0 Å². The minimum absolute atomic E-state index is 0.234. The Bertz CT molecular complexity index is 811. The molecule has 0 aliphatic carbocycles. The van der Waals surface area contributed by atoms with Gasteiger partial charge in [0.25, 0.3) is 0 Å². The van der Waals surface area contributed by atoms with Crippen molar-refractivity contribution >= 4 is 34.3 Å². The normalized spacial score (nSPS) is 11.4. The van der Waals surface area contributed by atoms with Crippen LogP contribution in [0.4, 0.5) is 5.13 Å². The van der Waals surface area contributed by atoms with Gasteiger partial charge in [-0.25, -0.2) is 9.98 Å². The highest BCUT2D eigenvalue weighted by Crippen LogP contribution is 2.27. The van der Waals surface area contributed by atoms with E-state index in [4.69, 9.17) is 16.0 Å². The molecule has 112 valence electrons. The summed E-state index contributed by atoms with van der Waals surface area (Å²) >= 11 is 7.22. The third-order valence-corrected chi connectivity index (χ3v) is 4.01. The summed E-state index contributed by atoms with van der Waals surface area (Å²) in [5.41, 5.74) is 0.946. The molecule has 0 fully saturated rings. The van der Waals surface area contributed by atoms with Gasteiger partial charge in [-0.3, -0.25) is 0 Å². The maximum absolute atomic E-state index is 9.80. The molecule has 1 N–H and O–H groups in total. The van der Waals surface area contributed by atoms with Gasteiger partial charge in [-0.05, 0) is 30.7 Å². The van der Waals surface area contributed by atoms with E-state index in [1.807, 2.05) is 6.92 Å². The summed E-state index contributed by atoms with van der Waals surface area (Å²) in [6.07, 6.45) is 2.21. The molecule has 0 saturated heterocycles. The first kappa shape index (κ1) is 14.7. The molecule has 3 aromatic rings. The Morgan fingerprint density at radius 2 is 2.09 bits per heavy atom. The van der Waals surface area contributed by atoms with Crippen molar-refractivity contribution in [3.8, 4) is 17.4 Å². The quantitative estimate of drug-likeness (QED) is 0.732. The summed E-state index contributed by atoms with van der Waals surface area (Å²) in [6, 6.07) is 6.96. The summed E-state index contributed by atoms with van der Waals surface area (Å²) in [5.74, 6) is -0.00365. The van der Waals surface area contributed by atoms with Gasteiger partial charge in [-0.1, -0.05) is 29.9 Å².